The van der Waals surface area contributed by atoms with Crippen LogP contribution in [0.1, 0.15) is 86.7 Å². The average molecular weight is 926 g/mol. The number of amides is 2. The van der Waals surface area contributed by atoms with Gasteiger partial charge in [-0.3, -0.25) is 14.5 Å². The number of hydrogen-bond acceptors (Lipinski definition) is 13. The van der Waals surface area contributed by atoms with Gasteiger partial charge in [0.05, 0.1) is 12.2 Å². The van der Waals surface area contributed by atoms with Crippen molar-refractivity contribution < 1.29 is 28.0 Å². The molecule has 67 heavy (non-hydrogen) atoms. The molecule has 2 amide bonds. The number of aldehydes is 2. The molecule has 17 heteroatoms. The molecule has 3 saturated heterocycles. The number of rotatable bonds is 20. The van der Waals surface area contributed by atoms with Gasteiger partial charge in [-0.2, -0.15) is 0 Å². The van der Waals surface area contributed by atoms with E-state index in [9.17, 15) is 19.2 Å². The molecule has 3 N–H and O–H groups in total. The number of nitrogens with one attached hydrogen (secondary N) is 3. The Bertz CT molecular complexity index is 2270. The Balaban J connectivity index is 0.799. The van der Waals surface area contributed by atoms with Crippen LogP contribution < -0.4 is 30.7 Å². The second-order valence-electron chi connectivity index (χ2n) is 20.6. The van der Waals surface area contributed by atoms with E-state index in [-0.39, 0.29) is 47.7 Å². The summed E-state index contributed by atoms with van der Waals surface area (Å²) in [7, 11) is 5.61. The lowest BCUT2D eigenvalue weighted by Crippen LogP contribution is -2.66. The van der Waals surface area contributed by atoms with Gasteiger partial charge in [-0.25, -0.2) is 18.7 Å². The lowest BCUT2D eigenvalue weighted by Gasteiger charge is -2.61. The highest BCUT2D eigenvalue weighted by Crippen LogP contribution is 2.51. The van der Waals surface area contributed by atoms with Gasteiger partial charge in [-0.05, 0) is 95.7 Å². The summed E-state index contributed by atoms with van der Waals surface area (Å²) in [6, 6.07) is 10.1. The standard InChI is InChI=1S/C50H69F2N11O4/c1-48(2)11-16-59(17-12-48)29-35-24-40(52)43(25-39(35)51)61(21-23-65)33-50(54-4)13-18-60(19-14-50)44-26-45(57-34-56-44)62-31-49(32-62)27-36(28-49)58(5)20-15-55-41-9-6-8-37-38(41)30-63(47(37)67)42(10-7-22-64)46(66)53-3/h6,8-9,22-26,34,36,42,54-55H,7,10-21,27-33H2,1-5H3,(H,53,66). The van der Waals surface area contributed by atoms with Gasteiger partial charge in [0.2, 0.25) is 5.91 Å². The zero-order valence-corrected chi connectivity index (χ0v) is 40.0. The first-order valence-electron chi connectivity index (χ1n) is 24.1. The summed E-state index contributed by atoms with van der Waals surface area (Å²) in [6.07, 6.45) is 9.37. The van der Waals surface area contributed by atoms with Crippen molar-refractivity contribution in [3.63, 3.8) is 0 Å². The van der Waals surface area contributed by atoms with E-state index in [1.807, 2.05) is 19.2 Å². The highest BCUT2D eigenvalue weighted by Gasteiger charge is 2.53. The minimum Gasteiger partial charge on any atom is -0.383 e. The van der Waals surface area contributed by atoms with E-state index in [2.05, 4.69) is 72.5 Å². The first-order valence-corrected chi connectivity index (χ1v) is 24.1. The molecular weight excluding hydrogens is 857 g/mol. The van der Waals surface area contributed by atoms with Crippen LogP contribution in [-0.2, 0) is 27.5 Å². The lowest BCUT2D eigenvalue weighted by molar-refractivity contribution is -0.125. The Morgan fingerprint density at radius 1 is 0.940 bits per heavy atom. The number of carbonyl (C=O) groups excluding carboxylic acids is 4. The average Bonchev–Trinajstić information content (AvgIpc) is 3.63. The van der Waals surface area contributed by atoms with Crippen molar-refractivity contribution in [2.75, 3.05) is 107 Å². The second kappa shape index (κ2) is 20.1. The van der Waals surface area contributed by atoms with E-state index < -0.39 is 23.2 Å². The van der Waals surface area contributed by atoms with Gasteiger partial charge in [0, 0.05) is 124 Å². The molecule has 1 saturated carbocycles. The summed E-state index contributed by atoms with van der Waals surface area (Å²) in [5, 5.41) is 9.68. The number of likely N-dealkylation sites (tertiary alicyclic amines) is 1. The second-order valence-corrected chi connectivity index (χ2v) is 20.6. The van der Waals surface area contributed by atoms with Gasteiger partial charge in [0.1, 0.15) is 48.2 Å². The van der Waals surface area contributed by atoms with Crippen LogP contribution in [0.5, 0.6) is 0 Å². The predicted octanol–water partition coefficient (Wildman–Crippen LogP) is 4.70. The van der Waals surface area contributed by atoms with Crippen molar-refractivity contribution in [1.29, 1.82) is 0 Å². The molecule has 0 radical (unpaired) electrons. The number of benzene rings is 2. The number of hydrogen-bond donors (Lipinski definition) is 3. The van der Waals surface area contributed by atoms with Crippen molar-refractivity contribution in [2.45, 2.75) is 95.9 Å². The van der Waals surface area contributed by atoms with Crippen LogP contribution in [0, 0.1) is 22.5 Å². The number of anilines is 4. The number of carbonyl (C=O) groups is 4. The first kappa shape index (κ1) is 48.2. The molecule has 1 aromatic heterocycles. The monoisotopic (exact) mass is 926 g/mol. The number of halogens is 2. The van der Waals surface area contributed by atoms with Gasteiger partial charge in [-0.1, -0.05) is 19.9 Å². The Hall–Kier alpha value is -5.26. The van der Waals surface area contributed by atoms with E-state index in [0.29, 0.717) is 56.4 Å². The van der Waals surface area contributed by atoms with E-state index in [0.717, 1.165) is 107 Å². The summed E-state index contributed by atoms with van der Waals surface area (Å²) >= 11 is 0. The number of fused-ring (bicyclic) bond motifs is 1. The van der Waals surface area contributed by atoms with Gasteiger partial charge in [-0.15, -0.1) is 0 Å². The van der Waals surface area contributed by atoms with Gasteiger partial charge < -0.3 is 50.0 Å². The van der Waals surface area contributed by atoms with Crippen LogP contribution in [-0.4, -0.2) is 153 Å². The molecule has 4 aliphatic heterocycles. The molecule has 8 rings (SSSR count). The molecule has 5 heterocycles. The van der Waals surface area contributed by atoms with Gasteiger partial charge in [0.15, 0.2) is 0 Å². The van der Waals surface area contributed by atoms with Crippen molar-refractivity contribution in [3.05, 3.63) is 71.1 Å². The topological polar surface area (TPSA) is 150 Å². The smallest absolute Gasteiger partial charge is 0.255 e. The SMILES string of the molecule is CNC(=O)C(CCC=O)N1Cc2c(NCCN(C)C3CC4(C3)CN(c3cc(N5CCC(CN(CC=O)c6cc(F)c(CN7CCC(C)(C)CC7)cc6F)(NC)CC5)ncn3)C4)cccc2C1=O. The third-order valence-corrected chi connectivity index (χ3v) is 15.7. The summed E-state index contributed by atoms with van der Waals surface area (Å²) in [5.41, 5.74) is 2.93. The van der Waals surface area contributed by atoms with Crippen LogP contribution in [0.3, 0.4) is 0 Å². The van der Waals surface area contributed by atoms with E-state index in [1.54, 1.807) is 29.2 Å². The number of piperidine rings is 2. The fourth-order valence-electron chi connectivity index (χ4n) is 11.1. The Morgan fingerprint density at radius 2 is 1.66 bits per heavy atom. The third kappa shape index (κ3) is 10.4. The van der Waals surface area contributed by atoms with Crippen LogP contribution >= 0.6 is 0 Å². The fraction of sp³-hybridized carbons (Fsp3) is 0.600. The van der Waals surface area contributed by atoms with Crippen LogP contribution in [0.25, 0.3) is 0 Å². The molecule has 5 aliphatic rings. The van der Waals surface area contributed by atoms with Crippen LogP contribution in [0.4, 0.5) is 31.8 Å². The Morgan fingerprint density at radius 3 is 2.33 bits per heavy atom. The van der Waals surface area contributed by atoms with E-state index >= 15 is 8.78 Å². The van der Waals surface area contributed by atoms with Crippen molar-refractivity contribution in [2.24, 2.45) is 10.8 Å². The molecule has 362 valence electrons. The summed E-state index contributed by atoms with van der Waals surface area (Å²) in [5.74, 6) is 0.366. The zero-order valence-electron chi connectivity index (χ0n) is 40.0. The van der Waals surface area contributed by atoms with E-state index in [1.165, 1.54) is 12.1 Å². The predicted molar refractivity (Wildman–Crippen MR) is 256 cm³/mol. The zero-order chi connectivity index (χ0) is 47.5. The first-order chi connectivity index (χ1) is 32.2. The molecule has 15 nitrogen and oxygen atoms in total. The molecule has 0 bridgehead atoms. The lowest BCUT2D eigenvalue weighted by atomic mass is 9.60. The summed E-state index contributed by atoms with van der Waals surface area (Å²) in [6.45, 7) is 12.0. The fourth-order valence-corrected chi connectivity index (χ4v) is 11.1. The van der Waals surface area contributed by atoms with Crippen molar-refractivity contribution in [3.8, 4) is 0 Å². The number of nitrogens with zero attached hydrogens (tertiary/aromatic N) is 8. The Labute approximate surface area is 394 Å². The quantitative estimate of drug-likeness (QED) is 0.135. The highest BCUT2D eigenvalue weighted by atomic mass is 19.1. The maximum atomic E-state index is 15.8. The largest absolute Gasteiger partial charge is 0.383 e. The van der Waals surface area contributed by atoms with Gasteiger partial charge in [0.25, 0.3) is 5.91 Å². The minimum absolute atomic E-state index is 0.0421. The van der Waals surface area contributed by atoms with Crippen LogP contribution in [0.15, 0.2) is 42.7 Å². The summed E-state index contributed by atoms with van der Waals surface area (Å²) < 4.78 is 31.4. The van der Waals surface area contributed by atoms with E-state index in [4.69, 9.17) is 0 Å². The number of likely N-dealkylation sites (N-methyl/N-ethyl adjacent to an activating group) is 3. The normalized spacial score (nSPS) is 20.3. The Kier molecular flexibility index (Phi) is 14.5. The third-order valence-electron chi connectivity index (χ3n) is 15.7. The molecule has 2 aromatic carbocycles. The molecule has 1 unspecified atom stereocenters. The maximum absolute atomic E-state index is 15.8. The van der Waals surface area contributed by atoms with Crippen molar-refractivity contribution >= 4 is 47.4 Å². The number of aromatic nitrogens is 2. The summed E-state index contributed by atoms with van der Waals surface area (Å²) in [4.78, 5) is 70.8. The maximum Gasteiger partial charge on any atom is 0.255 e. The molecule has 1 atom stereocenters. The van der Waals surface area contributed by atoms with Crippen molar-refractivity contribution in [1.82, 2.24) is 35.3 Å². The van der Waals surface area contributed by atoms with Gasteiger partial charge >= 0.3 is 0 Å². The van der Waals surface area contributed by atoms with Crippen LogP contribution in [0.2, 0.25) is 0 Å². The molecular formula is C50H69F2N11O4. The minimum atomic E-state index is -0.699. The molecule has 1 spiro atoms. The molecule has 1 aliphatic carbocycles. The highest BCUT2D eigenvalue weighted by molar-refractivity contribution is 6.02. The molecule has 4 fully saturated rings. The molecule has 3 aromatic rings.